The van der Waals surface area contributed by atoms with Crippen molar-refractivity contribution < 1.29 is 17.9 Å². The Morgan fingerprint density at radius 3 is 2.44 bits per heavy atom. The van der Waals surface area contributed by atoms with Gasteiger partial charge >= 0.3 is 5.69 Å². The number of aryl methyl sites for hydroxylation is 1. The van der Waals surface area contributed by atoms with Gasteiger partial charge in [-0.25, -0.2) is 13.2 Å². The van der Waals surface area contributed by atoms with Crippen LogP contribution in [0.5, 0.6) is 0 Å². The van der Waals surface area contributed by atoms with Crippen molar-refractivity contribution in [2.75, 3.05) is 20.3 Å². The number of hydrogen-bond acceptors (Lipinski definition) is 6. The molecule has 0 spiro atoms. The minimum absolute atomic E-state index is 0.0797. The topological polar surface area (TPSA) is 128 Å². The average Bonchev–Trinajstić information content (AvgIpc) is 2.83. The van der Waals surface area contributed by atoms with Crippen molar-refractivity contribution in [2.24, 2.45) is 14.1 Å². The molecule has 0 bridgehead atoms. The first-order valence-electron chi connectivity index (χ1n) is 10.7. The number of benzene rings is 2. The molecule has 0 aliphatic rings. The quantitative estimate of drug-likeness (QED) is 0.395. The molecular weight excluding hydrogens is 460 g/mol. The Bertz CT molecular complexity index is 1400. The van der Waals surface area contributed by atoms with Crippen LogP contribution >= 0.6 is 0 Å². The summed E-state index contributed by atoms with van der Waals surface area (Å²) in [7, 11) is 0.211. The van der Waals surface area contributed by atoms with E-state index in [0.717, 1.165) is 10.1 Å². The maximum atomic E-state index is 13.2. The lowest BCUT2D eigenvalue weighted by Gasteiger charge is -2.19. The zero-order chi connectivity index (χ0) is 24.9. The van der Waals surface area contributed by atoms with Crippen molar-refractivity contribution in [1.82, 2.24) is 19.2 Å². The van der Waals surface area contributed by atoms with Crippen molar-refractivity contribution >= 4 is 26.8 Å². The van der Waals surface area contributed by atoms with Crippen LogP contribution < -0.4 is 21.3 Å². The predicted octanol–water partition coefficient (Wildman–Crippen LogP) is 0.280. The number of sulfonamides is 1. The largest absolute Gasteiger partial charge is 0.385 e. The SMILES string of the molecule is COCCCNC(=O)[C@@H](Cc1ccccc1)NS(=O)(=O)c1ccc2c(c1)c(=O)n(C)c(=O)n2C. The lowest BCUT2D eigenvalue weighted by atomic mass is 10.1. The maximum Gasteiger partial charge on any atom is 0.330 e. The third kappa shape index (κ3) is 5.61. The Morgan fingerprint density at radius 2 is 1.76 bits per heavy atom. The lowest BCUT2D eigenvalue weighted by Crippen LogP contribution is -2.48. The van der Waals surface area contributed by atoms with Gasteiger partial charge in [-0.2, -0.15) is 4.72 Å². The molecule has 1 heterocycles. The van der Waals surface area contributed by atoms with Crippen molar-refractivity contribution in [3.05, 3.63) is 74.9 Å². The van der Waals surface area contributed by atoms with E-state index < -0.39 is 33.2 Å². The number of methoxy groups -OCH3 is 1. The zero-order valence-electron chi connectivity index (χ0n) is 19.3. The second-order valence-corrected chi connectivity index (χ2v) is 9.60. The molecule has 1 amide bonds. The van der Waals surface area contributed by atoms with Gasteiger partial charge in [-0.05, 0) is 36.6 Å². The summed E-state index contributed by atoms with van der Waals surface area (Å²) < 4.78 is 36.1. The molecule has 2 aromatic carbocycles. The fraction of sp³-hybridized carbons (Fsp3) is 0.348. The Kier molecular flexibility index (Phi) is 8.02. The number of amides is 1. The summed E-state index contributed by atoms with van der Waals surface area (Å²) in [4.78, 5) is 37.4. The van der Waals surface area contributed by atoms with Gasteiger partial charge in [0.2, 0.25) is 15.9 Å². The van der Waals surface area contributed by atoms with E-state index in [1.165, 1.54) is 36.9 Å². The third-order valence-corrected chi connectivity index (χ3v) is 6.94. The fourth-order valence-corrected chi connectivity index (χ4v) is 4.81. The monoisotopic (exact) mass is 488 g/mol. The number of hydrogen-bond donors (Lipinski definition) is 2. The van der Waals surface area contributed by atoms with E-state index >= 15 is 0 Å². The van der Waals surface area contributed by atoms with E-state index in [4.69, 9.17) is 4.74 Å². The van der Waals surface area contributed by atoms with Gasteiger partial charge in [-0.1, -0.05) is 30.3 Å². The minimum Gasteiger partial charge on any atom is -0.385 e. The van der Waals surface area contributed by atoms with E-state index in [0.29, 0.717) is 25.1 Å². The van der Waals surface area contributed by atoms with Crippen molar-refractivity contribution in [2.45, 2.75) is 23.8 Å². The number of rotatable bonds is 10. The van der Waals surface area contributed by atoms with Crippen LogP contribution in [0.2, 0.25) is 0 Å². The Labute approximate surface area is 197 Å². The number of aromatic nitrogens is 2. The minimum atomic E-state index is -4.17. The number of carbonyl (C=O) groups excluding carboxylic acids is 1. The molecule has 1 atom stereocenters. The summed E-state index contributed by atoms with van der Waals surface area (Å²) in [5.41, 5.74) is -0.0282. The van der Waals surface area contributed by atoms with E-state index in [-0.39, 0.29) is 16.7 Å². The highest BCUT2D eigenvalue weighted by molar-refractivity contribution is 7.89. The molecule has 0 aliphatic carbocycles. The Hall–Kier alpha value is -3.28. The van der Waals surface area contributed by atoms with Crippen LogP contribution in [0.25, 0.3) is 10.9 Å². The second kappa shape index (κ2) is 10.8. The summed E-state index contributed by atoms with van der Waals surface area (Å²) in [5, 5.41) is 2.81. The van der Waals surface area contributed by atoms with Crippen LogP contribution in [0.1, 0.15) is 12.0 Å². The first kappa shape index (κ1) is 25.3. The number of ether oxygens (including phenoxy) is 1. The van der Waals surface area contributed by atoms with Crippen LogP contribution in [0.15, 0.2) is 63.0 Å². The standard InChI is InChI=1S/C23H28N4O6S/c1-26-20-11-10-17(15-18(20)22(29)27(2)23(26)30)34(31,32)25-19(14-16-8-5-4-6-9-16)21(28)24-12-7-13-33-3/h4-6,8-11,15,19,25H,7,12-14H2,1-3H3,(H,24,28)/t19-/m1/s1. The molecule has 2 N–H and O–H groups in total. The molecule has 0 saturated carbocycles. The normalized spacial score (nSPS) is 12.6. The molecule has 0 unspecified atom stereocenters. The van der Waals surface area contributed by atoms with Gasteiger partial charge in [0.05, 0.1) is 15.8 Å². The predicted molar refractivity (Wildman–Crippen MR) is 128 cm³/mol. The molecule has 0 saturated heterocycles. The third-order valence-electron chi connectivity index (χ3n) is 5.47. The molecule has 10 nitrogen and oxygen atoms in total. The molecule has 182 valence electrons. The van der Waals surface area contributed by atoms with Crippen molar-refractivity contribution in [3.8, 4) is 0 Å². The first-order chi connectivity index (χ1) is 16.2. The highest BCUT2D eigenvalue weighted by Gasteiger charge is 2.26. The molecule has 0 fully saturated rings. The number of nitrogens with zero attached hydrogens (tertiary/aromatic N) is 2. The number of nitrogens with one attached hydrogen (secondary N) is 2. The molecule has 3 aromatic rings. The summed E-state index contributed by atoms with van der Waals surface area (Å²) in [6.07, 6.45) is 0.722. The van der Waals surface area contributed by atoms with Crippen LogP contribution in [0.4, 0.5) is 0 Å². The molecule has 3 rings (SSSR count). The average molecular weight is 489 g/mol. The summed E-state index contributed by atoms with van der Waals surface area (Å²) in [5.74, 6) is -0.470. The maximum absolute atomic E-state index is 13.2. The molecular formula is C23H28N4O6S. The number of fused-ring (bicyclic) bond motifs is 1. The molecule has 34 heavy (non-hydrogen) atoms. The van der Waals surface area contributed by atoms with Gasteiger partial charge in [0.25, 0.3) is 5.56 Å². The van der Waals surface area contributed by atoms with E-state index in [1.807, 2.05) is 6.07 Å². The second-order valence-electron chi connectivity index (χ2n) is 7.89. The van der Waals surface area contributed by atoms with Crippen molar-refractivity contribution in [3.63, 3.8) is 0 Å². The highest BCUT2D eigenvalue weighted by atomic mass is 32.2. The van der Waals surface area contributed by atoms with Gasteiger partial charge in [-0.3, -0.25) is 18.7 Å². The highest BCUT2D eigenvalue weighted by Crippen LogP contribution is 2.16. The van der Waals surface area contributed by atoms with Gasteiger partial charge < -0.3 is 10.1 Å². The summed E-state index contributed by atoms with van der Waals surface area (Å²) >= 11 is 0. The van der Waals surface area contributed by atoms with Gasteiger partial charge in [0.15, 0.2) is 0 Å². The van der Waals surface area contributed by atoms with Gasteiger partial charge in [0, 0.05) is 34.4 Å². The first-order valence-corrected chi connectivity index (χ1v) is 12.2. The Balaban J connectivity index is 1.94. The fourth-order valence-electron chi connectivity index (χ4n) is 3.59. The molecule has 1 aromatic heterocycles. The van der Waals surface area contributed by atoms with Crippen LogP contribution in [0.3, 0.4) is 0 Å². The zero-order valence-corrected chi connectivity index (χ0v) is 20.1. The van der Waals surface area contributed by atoms with Crippen LogP contribution in [-0.2, 0) is 40.1 Å². The smallest absolute Gasteiger partial charge is 0.330 e. The van der Waals surface area contributed by atoms with Gasteiger partial charge in [-0.15, -0.1) is 0 Å². The Morgan fingerprint density at radius 1 is 1.06 bits per heavy atom. The summed E-state index contributed by atoms with van der Waals surface area (Å²) in [6.45, 7) is 0.795. The number of carbonyl (C=O) groups is 1. The van der Waals surface area contributed by atoms with E-state index in [1.54, 1.807) is 31.4 Å². The van der Waals surface area contributed by atoms with E-state index in [9.17, 15) is 22.8 Å². The van der Waals surface area contributed by atoms with Crippen LogP contribution in [-0.4, -0.2) is 49.8 Å². The van der Waals surface area contributed by atoms with Crippen molar-refractivity contribution in [1.29, 1.82) is 0 Å². The molecule has 0 aliphatic heterocycles. The summed E-state index contributed by atoms with van der Waals surface area (Å²) in [6, 6.07) is 11.9. The molecule has 11 heteroatoms. The van der Waals surface area contributed by atoms with E-state index in [2.05, 4.69) is 10.0 Å². The molecule has 0 radical (unpaired) electrons. The van der Waals surface area contributed by atoms with Gasteiger partial charge in [0.1, 0.15) is 6.04 Å². The van der Waals surface area contributed by atoms with Crippen LogP contribution in [0, 0.1) is 0 Å². The lowest BCUT2D eigenvalue weighted by molar-refractivity contribution is -0.122.